The minimum atomic E-state index is -0.476. The molecule has 0 bridgehead atoms. The van der Waals surface area contributed by atoms with Crippen LogP contribution in [0.4, 0.5) is 8.78 Å². The SMILES string of the molecule is CCCCC[C@@H](c1cc(F)cc(F)c1)N1CCNCC1.Cl. The molecule has 1 atom stereocenters. The zero-order valence-electron chi connectivity index (χ0n) is 12.6. The standard InChI is InChI=1S/C16H24F2N2.ClH/c1-2-3-4-5-16(20-8-6-19-7-9-20)13-10-14(17)12-15(18)11-13;/h10-12,16,19H,2-9H2,1H3;1H/t16-;/m0./s1. The zero-order chi connectivity index (χ0) is 14.4. The van der Waals surface area contributed by atoms with Crippen molar-refractivity contribution >= 4 is 12.4 Å². The van der Waals surface area contributed by atoms with Gasteiger partial charge in [-0.05, 0) is 24.1 Å². The quantitative estimate of drug-likeness (QED) is 0.800. The molecule has 120 valence electrons. The molecule has 1 aliphatic heterocycles. The molecule has 0 radical (unpaired) electrons. The Balaban J connectivity index is 0.00000220. The Morgan fingerprint density at radius 1 is 1.10 bits per heavy atom. The summed E-state index contributed by atoms with van der Waals surface area (Å²) in [5.74, 6) is -0.953. The summed E-state index contributed by atoms with van der Waals surface area (Å²) in [5, 5.41) is 3.32. The molecule has 2 nitrogen and oxygen atoms in total. The topological polar surface area (TPSA) is 15.3 Å². The fraction of sp³-hybridized carbons (Fsp3) is 0.625. The molecule has 0 aromatic heterocycles. The van der Waals surface area contributed by atoms with E-state index >= 15 is 0 Å². The number of hydrogen-bond acceptors (Lipinski definition) is 2. The number of benzene rings is 1. The highest BCUT2D eigenvalue weighted by Gasteiger charge is 2.22. The van der Waals surface area contributed by atoms with E-state index in [2.05, 4.69) is 17.1 Å². The van der Waals surface area contributed by atoms with Gasteiger partial charge in [-0.1, -0.05) is 26.2 Å². The molecule has 1 heterocycles. The van der Waals surface area contributed by atoms with E-state index in [0.717, 1.165) is 57.1 Å². The lowest BCUT2D eigenvalue weighted by atomic mass is 9.98. The van der Waals surface area contributed by atoms with Crippen LogP contribution in [0, 0.1) is 11.6 Å². The van der Waals surface area contributed by atoms with Gasteiger partial charge >= 0.3 is 0 Å². The predicted molar refractivity (Wildman–Crippen MR) is 84.9 cm³/mol. The summed E-state index contributed by atoms with van der Waals surface area (Å²) in [6, 6.07) is 4.06. The third kappa shape index (κ3) is 5.53. The molecule has 1 N–H and O–H groups in total. The smallest absolute Gasteiger partial charge is 0.126 e. The normalized spacial score (nSPS) is 17.3. The van der Waals surface area contributed by atoms with Crippen LogP contribution in [0.2, 0.25) is 0 Å². The summed E-state index contributed by atoms with van der Waals surface area (Å²) < 4.78 is 26.9. The molecule has 1 aromatic carbocycles. The van der Waals surface area contributed by atoms with Crippen molar-refractivity contribution in [2.24, 2.45) is 0 Å². The van der Waals surface area contributed by atoms with Crippen LogP contribution in [0.25, 0.3) is 0 Å². The van der Waals surface area contributed by atoms with E-state index in [1.165, 1.54) is 18.6 Å². The van der Waals surface area contributed by atoms with Gasteiger partial charge in [-0.3, -0.25) is 4.90 Å². The van der Waals surface area contributed by atoms with Gasteiger partial charge in [0.15, 0.2) is 0 Å². The van der Waals surface area contributed by atoms with Gasteiger partial charge in [0.2, 0.25) is 0 Å². The molecule has 21 heavy (non-hydrogen) atoms. The van der Waals surface area contributed by atoms with Crippen molar-refractivity contribution in [1.29, 1.82) is 0 Å². The van der Waals surface area contributed by atoms with Gasteiger partial charge in [0.05, 0.1) is 0 Å². The Morgan fingerprint density at radius 3 is 2.29 bits per heavy atom. The van der Waals surface area contributed by atoms with Crippen LogP contribution in [0.1, 0.15) is 44.2 Å². The third-order valence-electron chi connectivity index (χ3n) is 3.94. The minimum absolute atomic E-state index is 0. The number of nitrogens with zero attached hydrogens (tertiary/aromatic N) is 1. The molecule has 5 heteroatoms. The molecule has 1 saturated heterocycles. The molecule has 1 aromatic rings. The molecule has 0 amide bonds. The maximum Gasteiger partial charge on any atom is 0.126 e. The van der Waals surface area contributed by atoms with Gasteiger partial charge in [0, 0.05) is 38.3 Å². The van der Waals surface area contributed by atoms with E-state index < -0.39 is 11.6 Å². The Bertz CT molecular complexity index is 402. The molecule has 0 unspecified atom stereocenters. The summed E-state index contributed by atoms with van der Waals surface area (Å²) in [5.41, 5.74) is 0.778. The molecule has 0 spiro atoms. The zero-order valence-corrected chi connectivity index (χ0v) is 13.4. The van der Waals surface area contributed by atoms with E-state index in [9.17, 15) is 8.78 Å². The average Bonchev–Trinajstić information content (AvgIpc) is 2.43. The Morgan fingerprint density at radius 2 is 1.71 bits per heavy atom. The van der Waals surface area contributed by atoms with E-state index in [4.69, 9.17) is 0 Å². The maximum absolute atomic E-state index is 13.5. The van der Waals surface area contributed by atoms with Crippen LogP contribution in [0.15, 0.2) is 18.2 Å². The van der Waals surface area contributed by atoms with Crippen LogP contribution in [-0.2, 0) is 0 Å². The summed E-state index contributed by atoms with van der Waals surface area (Å²) in [7, 11) is 0. The van der Waals surface area contributed by atoms with Crippen LogP contribution >= 0.6 is 12.4 Å². The lowest BCUT2D eigenvalue weighted by molar-refractivity contribution is 0.162. The van der Waals surface area contributed by atoms with Crippen molar-refractivity contribution in [2.75, 3.05) is 26.2 Å². The van der Waals surface area contributed by atoms with Crippen LogP contribution in [0.5, 0.6) is 0 Å². The fourth-order valence-electron chi connectivity index (χ4n) is 2.91. The number of rotatable bonds is 6. The van der Waals surface area contributed by atoms with E-state index in [1.807, 2.05) is 0 Å². The Labute approximate surface area is 132 Å². The Hall–Kier alpha value is -0.710. The highest BCUT2D eigenvalue weighted by molar-refractivity contribution is 5.85. The van der Waals surface area contributed by atoms with Crippen LogP contribution in [0.3, 0.4) is 0 Å². The molecule has 1 aliphatic rings. The van der Waals surface area contributed by atoms with E-state index in [-0.39, 0.29) is 18.4 Å². The fourth-order valence-corrected chi connectivity index (χ4v) is 2.91. The summed E-state index contributed by atoms with van der Waals surface area (Å²) in [4.78, 5) is 2.35. The largest absolute Gasteiger partial charge is 0.314 e. The monoisotopic (exact) mass is 318 g/mol. The second kappa shape index (κ2) is 9.34. The van der Waals surface area contributed by atoms with Gasteiger partial charge in [0.1, 0.15) is 11.6 Å². The van der Waals surface area contributed by atoms with Gasteiger partial charge in [-0.15, -0.1) is 12.4 Å². The minimum Gasteiger partial charge on any atom is -0.314 e. The first kappa shape index (κ1) is 18.3. The maximum atomic E-state index is 13.5. The Kier molecular flexibility index (Phi) is 8.15. The van der Waals surface area contributed by atoms with Gasteiger partial charge in [-0.2, -0.15) is 0 Å². The number of nitrogens with one attached hydrogen (secondary N) is 1. The second-order valence-electron chi connectivity index (χ2n) is 5.50. The van der Waals surface area contributed by atoms with Crippen LogP contribution in [-0.4, -0.2) is 31.1 Å². The highest BCUT2D eigenvalue weighted by atomic mass is 35.5. The van der Waals surface area contributed by atoms with Crippen molar-refractivity contribution in [3.63, 3.8) is 0 Å². The number of halogens is 3. The molecule has 0 saturated carbocycles. The molecular weight excluding hydrogens is 294 g/mol. The highest BCUT2D eigenvalue weighted by Crippen LogP contribution is 2.28. The van der Waals surface area contributed by atoms with Crippen molar-refractivity contribution in [1.82, 2.24) is 10.2 Å². The first-order chi connectivity index (χ1) is 9.70. The first-order valence-corrected chi connectivity index (χ1v) is 7.61. The van der Waals surface area contributed by atoms with Gasteiger partial charge < -0.3 is 5.32 Å². The summed E-state index contributed by atoms with van der Waals surface area (Å²) >= 11 is 0. The molecule has 1 fully saturated rings. The summed E-state index contributed by atoms with van der Waals surface area (Å²) in [6.07, 6.45) is 4.39. The number of unbranched alkanes of at least 4 members (excludes halogenated alkanes) is 2. The van der Waals surface area contributed by atoms with Crippen molar-refractivity contribution in [2.45, 2.75) is 38.6 Å². The lowest BCUT2D eigenvalue weighted by Gasteiger charge is -2.35. The van der Waals surface area contributed by atoms with E-state index in [1.54, 1.807) is 0 Å². The first-order valence-electron chi connectivity index (χ1n) is 7.61. The number of piperazine rings is 1. The van der Waals surface area contributed by atoms with Gasteiger partial charge in [-0.25, -0.2) is 8.78 Å². The average molecular weight is 319 g/mol. The molecule has 2 rings (SSSR count). The summed E-state index contributed by atoms with van der Waals surface area (Å²) in [6.45, 7) is 5.94. The third-order valence-corrected chi connectivity index (χ3v) is 3.94. The van der Waals surface area contributed by atoms with Crippen molar-refractivity contribution < 1.29 is 8.78 Å². The van der Waals surface area contributed by atoms with Crippen LogP contribution < -0.4 is 5.32 Å². The number of hydrogen-bond donors (Lipinski definition) is 1. The van der Waals surface area contributed by atoms with Gasteiger partial charge in [0.25, 0.3) is 0 Å². The van der Waals surface area contributed by atoms with Crippen molar-refractivity contribution in [3.8, 4) is 0 Å². The predicted octanol–water partition coefficient (Wildman–Crippen LogP) is 3.91. The molecule has 0 aliphatic carbocycles. The van der Waals surface area contributed by atoms with Crippen molar-refractivity contribution in [3.05, 3.63) is 35.4 Å². The molecular formula is C16H25ClF2N2. The lowest BCUT2D eigenvalue weighted by Crippen LogP contribution is -2.45. The second-order valence-corrected chi connectivity index (χ2v) is 5.50. The van der Waals surface area contributed by atoms with E-state index in [0.29, 0.717) is 0 Å².